The van der Waals surface area contributed by atoms with Crippen molar-refractivity contribution in [2.45, 2.75) is 46.5 Å². The summed E-state index contributed by atoms with van der Waals surface area (Å²) in [7, 11) is 1.70. The minimum atomic E-state index is -0.309. The Morgan fingerprint density at radius 1 is 1.03 bits per heavy atom. The molecule has 1 amide bonds. The van der Waals surface area contributed by atoms with Gasteiger partial charge in [0.25, 0.3) is 5.91 Å². The minimum absolute atomic E-state index is 0.0361. The van der Waals surface area contributed by atoms with E-state index in [0.717, 1.165) is 41.6 Å². The van der Waals surface area contributed by atoms with Crippen LogP contribution in [0.25, 0.3) is 16.7 Å². The van der Waals surface area contributed by atoms with E-state index < -0.39 is 0 Å². The van der Waals surface area contributed by atoms with Crippen LogP contribution in [0.15, 0.2) is 61.2 Å². The van der Waals surface area contributed by atoms with Crippen LogP contribution in [0.4, 0.5) is 5.69 Å². The second kappa shape index (κ2) is 10.4. The van der Waals surface area contributed by atoms with Crippen LogP contribution in [-0.4, -0.2) is 23.2 Å². The summed E-state index contributed by atoms with van der Waals surface area (Å²) in [4.78, 5) is 15.2. The van der Waals surface area contributed by atoms with Gasteiger partial charge in [-0.3, -0.25) is 4.79 Å². The lowest BCUT2D eigenvalue weighted by Crippen LogP contribution is -2.27. The normalized spacial score (nSPS) is 10.8. The Balaban J connectivity index is 2.23. The summed E-state index contributed by atoms with van der Waals surface area (Å²) in [5, 5.41) is 22.5. The summed E-state index contributed by atoms with van der Waals surface area (Å²) < 4.78 is 0. The third-order valence-corrected chi connectivity index (χ3v) is 5.98. The molecule has 0 fully saturated rings. The van der Waals surface area contributed by atoms with Gasteiger partial charge in [0.2, 0.25) is 0 Å². The Morgan fingerprint density at radius 3 is 2.36 bits per heavy atom. The van der Waals surface area contributed by atoms with E-state index in [4.69, 9.17) is 0 Å². The quantitative estimate of drug-likeness (QED) is 0.365. The zero-order chi connectivity index (χ0) is 24.1. The van der Waals surface area contributed by atoms with Gasteiger partial charge >= 0.3 is 0 Å². The molecule has 4 heteroatoms. The lowest BCUT2D eigenvalue weighted by Gasteiger charge is -2.23. The molecule has 3 rings (SSSR count). The number of nitrogens with zero attached hydrogens (tertiary/aromatic N) is 1. The molecule has 172 valence electrons. The SMILES string of the molecule is C=C(C)c1ccc(C)cc1-c1c(O)cc(CCCCC)c(C(=O)N(C)c2ccccc2)c1O. The van der Waals surface area contributed by atoms with E-state index in [9.17, 15) is 15.0 Å². The first kappa shape index (κ1) is 24.1. The van der Waals surface area contributed by atoms with E-state index in [1.807, 2.05) is 62.4 Å². The van der Waals surface area contributed by atoms with E-state index >= 15 is 0 Å². The highest BCUT2D eigenvalue weighted by Gasteiger charge is 2.27. The second-order valence-corrected chi connectivity index (χ2v) is 8.64. The first-order valence-corrected chi connectivity index (χ1v) is 11.4. The fraction of sp³-hybridized carbons (Fsp3) is 0.276. The average Bonchev–Trinajstić information content (AvgIpc) is 2.78. The summed E-state index contributed by atoms with van der Waals surface area (Å²) in [5.74, 6) is -0.538. The number of hydrogen-bond acceptors (Lipinski definition) is 3. The van der Waals surface area contributed by atoms with Crippen molar-refractivity contribution < 1.29 is 15.0 Å². The number of phenolic OH excluding ortho intramolecular Hbond substituents is 2. The number of benzene rings is 3. The first-order valence-electron chi connectivity index (χ1n) is 11.4. The Bertz CT molecular complexity index is 1170. The molecule has 0 aliphatic carbocycles. The molecule has 0 bridgehead atoms. The molecule has 0 aromatic heterocycles. The maximum atomic E-state index is 13.7. The Morgan fingerprint density at radius 2 is 1.73 bits per heavy atom. The minimum Gasteiger partial charge on any atom is -0.507 e. The third kappa shape index (κ3) is 5.11. The molecule has 0 atom stereocenters. The molecule has 0 unspecified atom stereocenters. The molecule has 4 nitrogen and oxygen atoms in total. The van der Waals surface area contributed by atoms with Crippen molar-refractivity contribution in [3.05, 3.63) is 83.4 Å². The van der Waals surface area contributed by atoms with Crippen molar-refractivity contribution in [2.24, 2.45) is 0 Å². The number of carbonyl (C=O) groups is 1. The third-order valence-electron chi connectivity index (χ3n) is 5.98. The van der Waals surface area contributed by atoms with Crippen molar-refractivity contribution in [3.63, 3.8) is 0 Å². The number of para-hydroxylation sites is 1. The number of phenols is 2. The number of aryl methyl sites for hydroxylation is 2. The summed E-state index contributed by atoms with van der Waals surface area (Å²) in [6.07, 6.45) is 3.50. The summed E-state index contributed by atoms with van der Waals surface area (Å²) in [6.45, 7) is 10.0. The predicted molar refractivity (Wildman–Crippen MR) is 137 cm³/mol. The molecule has 0 aliphatic rings. The molecule has 0 heterocycles. The van der Waals surface area contributed by atoms with Gasteiger partial charge in [-0.1, -0.05) is 73.9 Å². The van der Waals surface area contributed by atoms with Crippen LogP contribution in [0, 0.1) is 6.92 Å². The van der Waals surface area contributed by atoms with Gasteiger partial charge in [0, 0.05) is 12.7 Å². The highest BCUT2D eigenvalue weighted by Crippen LogP contribution is 2.45. The topological polar surface area (TPSA) is 60.8 Å². The van der Waals surface area contributed by atoms with Gasteiger partial charge in [0.15, 0.2) is 0 Å². The van der Waals surface area contributed by atoms with Crippen molar-refractivity contribution in [2.75, 3.05) is 11.9 Å². The molecular formula is C29H33NO3. The van der Waals surface area contributed by atoms with E-state index in [2.05, 4.69) is 13.5 Å². The lowest BCUT2D eigenvalue weighted by molar-refractivity contribution is 0.0989. The van der Waals surface area contributed by atoms with Crippen molar-refractivity contribution in [1.82, 2.24) is 0 Å². The molecule has 33 heavy (non-hydrogen) atoms. The van der Waals surface area contributed by atoms with Crippen molar-refractivity contribution >= 4 is 17.2 Å². The highest BCUT2D eigenvalue weighted by molar-refractivity contribution is 6.10. The fourth-order valence-electron chi connectivity index (χ4n) is 4.15. The maximum Gasteiger partial charge on any atom is 0.262 e. The van der Waals surface area contributed by atoms with Crippen molar-refractivity contribution in [3.8, 4) is 22.6 Å². The van der Waals surface area contributed by atoms with Crippen LogP contribution in [-0.2, 0) is 6.42 Å². The fourth-order valence-corrected chi connectivity index (χ4v) is 4.15. The van der Waals surface area contributed by atoms with Gasteiger partial charge in [-0.2, -0.15) is 0 Å². The van der Waals surface area contributed by atoms with Gasteiger partial charge < -0.3 is 15.1 Å². The zero-order valence-corrected chi connectivity index (χ0v) is 20.0. The maximum absolute atomic E-state index is 13.7. The number of carbonyl (C=O) groups excluding carboxylic acids is 1. The molecule has 0 aliphatic heterocycles. The van der Waals surface area contributed by atoms with Crippen LogP contribution in [0.3, 0.4) is 0 Å². The second-order valence-electron chi connectivity index (χ2n) is 8.64. The molecular weight excluding hydrogens is 410 g/mol. The molecule has 0 saturated heterocycles. The van der Waals surface area contributed by atoms with Crippen LogP contribution in [0.2, 0.25) is 0 Å². The first-order chi connectivity index (χ1) is 15.8. The number of hydrogen-bond donors (Lipinski definition) is 2. The van der Waals surface area contributed by atoms with E-state index in [-0.39, 0.29) is 28.5 Å². The van der Waals surface area contributed by atoms with Crippen LogP contribution >= 0.6 is 0 Å². The number of amides is 1. The average molecular weight is 444 g/mol. The number of aromatic hydroxyl groups is 2. The van der Waals surface area contributed by atoms with Crippen molar-refractivity contribution in [1.29, 1.82) is 0 Å². The monoisotopic (exact) mass is 443 g/mol. The van der Waals surface area contributed by atoms with Gasteiger partial charge in [-0.05, 0) is 61.6 Å². The molecule has 0 saturated carbocycles. The number of unbranched alkanes of at least 4 members (excludes halogenated alkanes) is 2. The number of rotatable bonds is 8. The van der Waals surface area contributed by atoms with Gasteiger partial charge in [0.05, 0.1) is 11.1 Å². The van der Waals surface area contributed by atoms with Gasteiger partial charge in [0.1, 0.15) is 11.5 Å². The Labute approximate surface area is 196 Å². The number of anilines is 1. The molecule has 0 spiro atoms. The summed E-state index contributed by atoms with van der Waals surface area (Å²) in [6, 6.07) is 16.8. The zero-order valence-electron chi connectivity index (χ0n) is 20.0. The summed E-state index contributed by atoms with van der Waals surface area (Å²) >= 11 is 0. The van der Waals surface area contributed by atoms with Crippen LogP contribution in [0.1, 0.15) is 60.2 Å². The lowest BCUT2D eigenvalue weighted by atomic mass is 9.88. The van der Waals surface area contributed by atoms with Gasteiger partial charge in [-0.25, -0.2) is 0 Å². The van der Waals surface area contributed by atoms with E-state index in [1.165, 1.54) is 4.90 Å². The van der Waals surface area contributed by atoms with Crippen LogP contribution < -0.4 is 4.90 Å². The predicted octanol–water partition coefficient (Wildman–Crippen LogP) is 7.12. The Kier molecular flexibility index (Phi) is 7.59. The highest BCUT2D eigenvalue weighted by atomic mass is 16.3. The largest absolute Gasteiger partial charge is 0.507 e. The summed E-state index contributed by atoms with van der Waals surface area (Å²) in [5.41, 5.74) is 5.16. The van der Waals surface area contributed by atoms with E-state index in [1.54, 1.807) is 13.1 Å². The molecule has 3 aromatic rings. The standard InChI is InChI=1S/C29H33NO3/c1-6-7-9-12-21-18-25(31)27(24-17-20(4)15-16-23(24)19(2)3)28(32)26(21)29(33)30(5)22-13-10-8-11-14-22/h8,10-11,13-18,31-32H,2,6-7,9,12H2,1,3-5H3. The molecule has 0 radical (unpaired) electrons. The molecule has 2 N–H and O–H groups in total. The number of allylic oxidation sites excluding steroid dienone is 1. The smallest absolute Gasteiger partial charge is 0.262 e. The van der Waals surface area contributed by atoms with Crippen LogP contribution in [0.5, 0.6) is 11.5 Å². The Hall–Kier alpha value is -3.53. The van der Waals surface area contributed by atoms with E-state index in [0.29, 0.717) is 17.5 Å². The van der Waals surface area contributed by atoms with Gasteiger partial charge in [-0.15, -0.1) is 0 Å². The molecule has 3 aromatic carbocycles.